The maximum absolute atomic E-state index is 13.0. The van der Waals surface area contributed by atoms with Crippen molar-refractivity contribution in [2.24, 2.45) is 0 Å². The van der Waals surface area contributed by atoms with Crippen molar-refractivity contribution < 1.29 is 13.2 Å². The van der Waals surface area contributed by atoms with E-state index in [0.29, 0.717) is 5.39 Å². The first-order valence-corrected chi connectivity index (χ1v) is 6.10. The highest BCUT2D eigenvalue weighted by Gasteiger charge is 2.32. The van der Waals surface area contributed by atoms with Gasteiger partial charge in [-0.25, -0.2) is 4.98 Å². The summed E-state index contributed by atoms with van der Waals surface area (Å²) in [5.74, 6) is 0.0424. The van der Waals surface area contributed by atoms with Gasteiger partial charge in [0.05, 0.1) is 22.8 Å². The second kappa shape index (κ2) is 4.73. The second-order valence-corrected chi connectivity index (χ2v) is 4.62. The van der Waals surface area contributed by atoms with Gasteiger partial charge in [-0.15, -0.1) is 0 Å². The van der Waals surface area contributed by atoms with Crippen LogP contribution in [0, 0.1) is 11.3 Å². The summed E-state index contributed by atoms with van der Waals surface area (Å²) in [7, 11) is 0. The molecule has 0 unspecified atom stereocenters. The molecule has 0 saturated carbocycles. The SMILES string of the molecule is N#Cc1cnc(N)c(-c2cc(C(F)(F)F)cc3[nH]ncc23)c1. The number of halogens is 3. The molecule has 3 aromatic rings. The summed E-state index contributed by atoms with van der Waals surface area (Å²) in [5, 5.41) is 15.7. The van der Waals surface area contributed by atoms with Crippen molar-refractivity contribution in [3.8, 4) is 17.2 Å². The molecule has 5 nitrogen and oxygen atoms in total. The minimum atomic E-state index is -4.51. The van der Waals surface area contributed by atoms with Crippen molar-refractivity contribution in [3.05, 3.63) is 41.7 Å². The fraction of sp³-hybridized carbons (Fsp3) is 0.0714. The standard InChI is InChI=1S/C14H8F3N5/c15-14(16,17)8-2-9(11-6-21-22-12(11)3-8)10-1-7(4-18)5-20-13(10)19/h1-3,5-6H,(H2,19,20)(H,21,22). The number of nitrogens with two attached hydrogens (primary N) is 1. The molecule has 0 saturated heterocycles. The largest absolute Gasteiger partial charge is 0.416 e. The molecule has 0 fully saturated rings. The van der Waals surface area contributed by atoms with Crippen LogP contribution in [0.1, 0.15) is 11.1 Å². The minimum absolute atomic E-state index is 0.0424. The van der Waals surface area contributed by atoms with Gasteiger partial charge in [-0.2, -0.15) is 23.5 Å². The Bertz CT molecular complexity index is 905. The number of fused-ring (bicyclic) bond motifs is 1. The zero-order chi connectivity index (χ0) is 15.9. The topological polar surface area (TPSA) is 91.4 Å². The van der Waals surface area contributed by atoms with Crippen molar-refractivity contribution in [3.63, 3.8) is 0 Å². The van der Waals surface area contributed by atoms with E-state index in [9.17, 15) is 13.2 Å². The van der Waals surface area contributed by atoms with Crippen LogP contribution in [-0.4, -0.2) is 15.2 Å². The van der Waals surface area contributed by atoms with Crippen LogP contribution in [0.15, 0.2) is 30.6 Å². The molecule has 0 amide bonds. The van der Waals surface area contributed by atoms with E-state index in [4.69, 9.17) is 11.0 Å². The lowest BCUT2D eigenvalue weighted by Crippen LogP contribution is -2.05. The number of aromatic nitrogens is 3. The number of nitrogen functional groups attached to an aromatic ring is 1. The first-order valence-electron chi connectivity index (χ1n) is 6.10. The Kier molecular flexibility index (Phi) is 2.99. The molecule has 8 heteroatoms. The number of pyridine rings is 1. The van der Waals surface area contributed by atoms with E-state index in [1.54, 1.807) is 0 Å². The predicted octanol–water partition coefficient (Wildman–Crippen LogP) is 3.10. The highest BCUT2D eigenvalue weighted by molar-refractivity contribution is 5.97. The first-order chi connectivity index (χ1) is 10.4. The number of anilines is 1. The van der Waals surface area contributed by atoms with Gasteiger partial charge < -0.3 is 5.73 Å². The van der Waals surface area contributed by atoms with Crippen LogP contribution in [-0.2, 0) is 6.18 Å². The Hall–Kier alpha value is -3.08. The molecule has 0 radical (unpaired) electrons. The summed E-state index contributed by atoms with van der Waals surface area (Å²) >= 11 is 0. The molecule has 110 valence electrons. The summed E-state index contributed by atoms with van der Waals surface area (Å²) in [6.45, 7) is 0. The number of rotatable bonds is 1. The predicted molar refractivity (Wildman–Crippen MR) is 73.5 cm³/mol. The van der Waals surface area contributed by atoms with E-state index in [1.807, 2.05) is 6.07 Å². The molecule has 0 spiro atoms. The number of aromatic amines is 1. The molecule has 2 aromatic heterocycles. The fourth-order valence-corrected chi connectivity index (χ4v) is 2.19. The first kappa shape index (κ1) is 13.9. The van der Waals surface area contributed by atoms with E-state index in [0.717, 1.165) is 12.1 Å². The molecule has 2 heterocycles. The number of nitrogens with zero attached hydrogens (tertiary/aromatic N) is 3. The normalized spacial score (nSPS) is 11.5. The van der Waals surface area contributed by atoms with Crippen molar-refractivity contribution in [2.75, 3.05) is 5.73 Å². The molecule has 0 bridgehead atoms. The Morgan fingerprint density at radius 2 is 1.91 bits per heavy atom. The highest BCUT2D eigenvalue weighted by atomic mass is 19.4. The molecule has 1 aromatic carbocycles. The zero-order valence-corrected chi connectivity index (χ0v) is 10.9. The zero-order valence-electron chi connectivity index (χ0n) is 10.9. The van der Waals surface area contributed by atoms with E-state index >= 15 is 0 Å². The third kappa shape index (κ3) is 2.22. The van der Waals surface area contributed by atoms with Crippen molar-refractivity contribution >= 4 is 16.7 Å². The van der Waals surface area contributed by atoms with Crippen LogP contribution in [0.5, 0.6) is 0 Å². The third-order valence-electron chi connectivity index (χ3n) is 3.22. The molecule has 3 N–H and O–H groups in total. The van der Waals surface area contributed by atoms with Gasteiger partial charge in [-0.1, -0.05) is 0 Å². The summed E-state index contributed by atoms with van der Waals surface area (Å²) in [6.07, 6.45) is -1.84. The average Bonchev–Trinajstić information content (AvgIpc) is 2.94. The Balaban J connectivity index is 2.35. The number of nitriles is 1. The van der Waals surface area contributed by atoms with Crippen LogP contribution in [0.25, 0.3) is 22.0 Å². The van der Waals surface area contributed by atoms with Gasteiger partial charge in [0.1, 0.15) is 11.9 Å². The van der Waals surface area contributed by atoms with Gasteiger partial charge in [-0.3, -0.25) is 5.10 Å². The van der Waals surface area contributed by atoms with Gasteiger partial charge in [0.15, 0.2) is 0 Å². The molecule has 0 atom stereocenters. The second-order valence-electron chi connectivity index (χ2n) is 4.62. The van der Waals surface area contributed by atoms with Crippen LogP contribution in [0.2, 0.25) is 0 Å². The van der Waals surface area contributed by atoms with Gasteiger partial charge >= 0.3 is 6.18 Å². The number of alkyl halides is 3. The van der Waals surface area contributed by atoms with E-state index < -0.39 is 11.7 Å². The monoisotopic (exact) mass is 303 g/mol. The third-order valence-corrected chi connectivity index (χ3v) is 3.22. The summed E-state index contributed by atoms with van der Waals surface area (Å²) in [5.41, 5.74) is 5.85. The maximum Gasteiger partial charge on any atom is 0.416 e. The summed E-state index contributed by atoms with van der Waals surface area (Å²) in [4.78, 5) is 3.85. The lowest BCUT2D eigenvalue weighted by Gasteiger charge is -2.11. The smallest absolute Gasteiger partial charge is 0.383 e. The van der Waals surface area contributed by atoms with E-state index in [-0.39, 0.29) is 28.0 Å². The molecule has 0 aliphatic carbocycles. The molecule has 0 aliphatic heterocycles. The average molecular weight is 303 g/mol. The quantitative estimate of drug-likeness (QED) is 0.722. The molecular formula is C14H8F3N5. The Labute approximate surface area is 122 Å². The van der Waals surface area contributed by atoms with Crippen LogP contribution < -0.4 is 5.73 Å². The lowest BCUT2D eigenvalue weighted by atomic mass is 9.98. The van der Waals surface area contributed by atoms with Gasteiger partial charge in [0, 0.05) is 17.1 Å². The van der Waals surface area contributed by atoms with Crippen molar-refractivity contribution in [2.45, 2.75) is 6.18 Å². The van der Waals surface area contributed by atoms with E-state index in [1.165, 1.54) is 18.5 Å². The molecular weight excluding hydrogens is 295 g/mol. The summed E-state index contributed by atoms with van der Waals surface area (Å²) in [6, 6.07) is 5.25. The molecule has 0 aliphatic rings. The maximum atomic E-state index is 13.0. The van der Waals surface area contributed by atoms with Gasteiger partial charge in [0.2, 0.25) is 0 Å². The summed E-state index contributed by atoms with van der Waals surface area (Å²) < 4.78 is 39.1. The number of nitrogens with one attached hydrogen (secondary N) is 1. The molecule has 22 heavy (non-hydrogen) atoms. The minimum Gasteiger partial charge on any atom is -0.383 e. The van der Waals surface area contributed by atoms with Crippen LogP contribution in [0.3, 0.4) is 0 Å². The van der Waals surface area contributed by atoms with Crippen LogP contribution >= 0.6 is 0 Å². The fourth-order valence-electron chi connectivity index (χ4n) is 2.19. The van der Waals surface area contributed by atoms with Crippen molar-refractivity contribution in [1.82, 2.24) is 15.2 Å². The lowest BCUT2D eigenvalue weighted by molar-refractivity contribution is -0.137. The number of hydrogen-bond donors (Lipinski definition) is 2. The van der Waals surface area contributed by atoms with Gasteiger partial charge in [0.25, 0.3) is 0 Å². The van der Waals surface area contributed by atoms with E-state index in [2.05, 4.69) is 15.2 Å². The van der Waals surface area contributed by atoms with Crippen LogP contribution in [0.4, 0.5) is 19.0 Å². The van der Waals surface area contributed by atoms with Gasteiger partial charge in [-0.05, 0) is 23.8 Å². The Morgan fingerprint density at radius 1 is 1.14 bits per heavy atom. The highest BCUT2D eigenvalue weighted by Crippen LogP contribution is 2.38. The number of H-pyrrole nitrogens is 1. The molecule has 3 rings (SSSR count). The number of benzene rings is 1. The van der Waals surface area contributed by atoms with Crippen molar-refractivity contribution in [1.29, 1.82) is 5.26 Å². The Morgan fingerprint density at radius 3 is 2.59 bits per heavy atom. The number of hydrogen-bond acceptors (Lipinski definition) is 4.